The second-order valence-corrected chi connectivity index (χ2v) is 14.1. The number of piperidine rings is 1. The molecule has 2 aliphatic rings. The number of morpholine rings is 1. The summed E-state index contributed by atoms with van der Waals surface area (Å²) >= 11 is 6.57. The third-order valence-electron chi connectivity index (χ3n) is 8.73. The number of para-hydroxylation sites is 1. The van der Waals surface area contributed by atoms with Crippen LogP contribution in [-0.4, -0.2) is 118 Å². The summed E-state index contributed by atoms with van der Waals surface area (Å²) in [6.07, 6.45) is 1.24. The summed E-state index contributed by atoms with van der Waals surface area (Å²) in [7, 11) is 1.65. The smallest absolute Gasteiger partial charge is 0.407 e. The van der Waals surface area contributed by atoms with Gasteiger partial charge in [0.25, 0.3) is 5.91 Å². The van der Waals surface area contributed by atoms with Crippen molar-refractivity contribution in [2.24, 2.45) is 17.3 Å². The average Bonchev–Trinajstić information content (AvgIpc) is 3.44. The fourth-order valence-corrected chi connectivity index (χ4v) is 6.98. The molecule has 12 nitrogen and oxygen atoms in total. The molecule has 2 aromatic rings. The van der Waals surface area contributed by atoms with Gasteiger partial charge in [0.2, 0.25) is 5.91 Å². The number of aromatic nitrogens is 3. The van der Waals surface area contributed by atoms with Gasteiger partial charge in [0.15, 0.2) is 5.69 Å². The van der Waals surface area contributed by atoms with Crippen molar-refractivity contribution in [2.45, 2.75) is 72.4 Å². The third kappa shape index (κ3) is 8.19. The third-order valence-corrected chi connectivity index (χ3v) is 9.05. The van der Waals surface area contributed by atoms with Crippen molar-refractivity contribution in [1.82, 2.24) is 29.7 Å². The largest absolute Gasteiger partial charge is 0.465 e. The Hall–Kier alpha value is -3.22. The van der Waals surface area contributed by atoms with E-state index in [4.69, 9.17) is 21.1 Å². The standard InChI is InChI=1S/C33H49ClN6O6/c1-22(2)20-38(31(42)28-26(13-9-10-16-45-6)40(36-35-28)25-12-8-7-11-24(25)34)27-19-23(30(41)37-14-17-46-18-15-37)21-39(32(43)44)29(27)33(3,4)5/h7-8,11-12,22-23,27,29H,9-10,13-21H2,1-6H3,(H,43,44)/t23-,27+,29?/m1/s1. The Labute approximate surface area is 276 Å². The summed E-state index contributed by atoms with van der Waals surface area (Å²) in [6, 6.07) is 6.13. The van der Waals surface area contributed by atoms with Crippen LogP contribution in [0, 0.1) is 17.3 Å². The Balaban J connectivity index is 1.80. The molecule has 254 valence electrons. The maximum absolute atomic E-state index is 14.8. The van der Waals surface area contributed by atoms with E-state index in [1.165, 1.54) is 4.90 Å². The van der Waals surface area contributed by atoms with Crippen LogP contribution >= 0.6 is 11.6 Å². The molecule has 1 unspecified atom stereocenters. The summed E-state index contributed by atoms with van der Waals surface area (Å²) in [4.78, 5) is 46.4. The quantitative estimate of drug-likeness (QED) is 0.346. The fraction of sp³-hybridized carbons (Fsp3) is 0.667. The zero-order valence-electron chi connectivity index (χ0n) is 27.9. The molecule has 0 bridgehead atoms. The number of amides is 3. The van der Waals surface area contributed by atoms with Crippen molar-refractivity contribution in [3.8, 4) is 5.69 Å². The summed E-state index contributed by atoms with van der Waals surface area (Å²) in [6.45, 7) is 12.8. The Morgan fingerprint density at radius 1 is 1.15 bits per heavy atom. The van der Waals surface area contributed by atoms with E-state index in [0.717, 1.165) is 12.8 Å². The number of hydrogen-bond donors (Lipinski definition) is 1. The maximum atomic E-state index is 14.8. The van der Waals surface area contributed by atoms with Crippen LogP contribution in [0.4, 0.5) is 4.79 Å². The first-order chi connectivity index (χ1) is 21.8. The highest BCUT2D eigenvalue weighted by Crippen LogP contribution is 2.39. The molecule has 3 amide bonds. The van der Waals surface area contributed by atoms with Gasteiger partial charge in [-0.1, -0.05) is 63.6 Å². The molecular formula is C33H49ClN6O6. The van der Waals surface area contributed by atoms with E-state index in [2.05, 4.69) is 10.3 Å². The van der Waals surface area contributed by atoms with Gasteiger partial charge in [0, 0.05) is 39.9 Å². The van der Waals surface area contributed by atoms with Crippen molar-refractivity contribution < 1.29 is 29.0 Å². The summed E-state index contributed by atoms with van der Waals surface area (Å²) in [5.41, 5.74) is 0.909. The van der Waals surface area contributed by atoms with E-state index >= 15 is 0 Å². The lowest BCUT2D eigenvalue weighted by Gasteiger charge is -2.52. The minimum Gasteiger partial charge on any atom is -0.465 e. The average molecular weight is 661 g/mol. The molecule has 2 aliphatic heterocycles. The number of carbonyl (C=O) groups is 3. The van der Waals surface area contributed by atoms with Gasteiger partial charge in [-0.25, -0.2) is 9.48 Å². The van der Waals surface area contributed by atoms with E-state index in [1.54, 1.807) is 27.7 Å². The molecule has 1 aromatic heterocycles. The molecular weight excluding hydrogens is 612 g/mol. The number of hydrogen-bond acceptors (Lipinski definition) is 7. The van der Waals surface area contributed by atoms with Crippen molar-refractivity contribution >= 4 is 29.5 Å². The number of benzene rings is 1. The molecule has 0 spiro atoms. The Kier molecular flexibility index (Phi) is 12.1. The molecule has 2 fully saturated rings. The van der Waals surface area contributed by atoms with Gasteiger partial charge in [-0.15, -0.1) is 5.10 Å². The first-order valence-electron chi connectivity index (χ1n) is 16.2. The second-order valence-electron chi connectivity index (χ2n) is 13.7. The normalized spacial score (nSPS) is 20.7. The van der Waals surface area contributed by atoms with Crippen LogP contribution in [0.15, 0.2) is 24.3 Å². The van der Waals surface area contributed by atoms with Crippen LogP contribution in [0.5, 0.6) is 0 Å². The van der Waals surface area contributed by atoms with Crippen LogP contribution in [0.25, 0.3) is 5.69 Å². The lowest BCUT2D eigenvalue weighted by atomic mass is 9.74. The lowest BCUT2D eigenvalue weighted by molar-refractivity contribution is -0.144. The topological polar surface area (TPSA) is 130 Å². The van der Waals surface area contributed by atoms with Gasteiger partial charge in [-0.05, 0) is 49.1 Å². The molecule has 46 heavy (non-hydrogen) atoms. The van der Waals surface area contributed by atoms with Crippen molar-refractivity contribution in [1.29, 1.82) is 0 Å². The monoisotopic (exact) mass is 660 g/mol. The summed E-state index contributed by atoms with van der Waals surface area (Å²) in [5.74, 6) is -0.986. The molecule has 3 atom stereocenters. The number of methoxy groups -OCH3 is 1. The highest BCUT2D eigenvalue weighted by atomic mass is 35.5. The molecule has 2 saturated heterocycles. The molecule has 0 aliphatic carbocycles. The summed E-state index contributed by atoms with van der Waals surface area (Å²) in [5, 5.41) is 19.8. The minimum atomic E-state index is -1.11. The number of carboxylic acid groups (broad SMARTS) is 1. The fourth-order valence-electron chi connectivity index (χ4n) is 6.76. The zero-order chi connectivity index (χ0) is 33.6. The van der Waals surface area contributed by atoms with Crippen LogP contribution in [0.3, 0.4) is 0 Å². The summed E-state index contributed by atoms with van der Waals surface area (Å²) < 4.78 is 12.3. The predicted molar refractivity (Wildman–Crippen MR) is 174 cm³/mol. The van der Waals surface area contributed by atoms with Crippen LogP contribution in [-0.2, 0) is 20.7 Å². The van der Waals surface area contributed by atoms with Crippen molar-refractivity contribution in [3.05, 3.63) is 40.7 Å². The molecule has 3 heterocycles. The predicted octanol–water partition coefficient (Wildman–Crippen LogP) is 4.63. The number of ether oxygens (including phenoxy) is 2. The van der Waals surface area contributed by atoms with Gasteiger partial charge in [-0.2, -0.15) is 0 Å². The Morgan fingerprint density at radius 3 is 2.46 bits per heavy atom. The zero-order valence-corrected chi connectivity index (χ0v) is 28.7. The number of likely N-dealkylation sites (tertiary alicyclic amines) is 1. The number of nitrogens with zero attached hydrogens (tertiary/aromatic N) is 6. The molecule has 0 saturated carbocycles. The lowest BCUT2D eigenvalue weighted by Crippen LogP contribution is -2.66. The molecule has 1 N–H and O–H groups in total. The minimum absolute atomic E-state index is 0.0573. The first kappa shape index (κ1) is 35.6. The highest BCUT2D eigenvalue weighted by molar-refractivity contribution is 6.32. The molecule has 0 radical (unpaired) electrons. The van der Waals surface area contributed by atoms with Crippen LogP contribution < -0.4 is 0 Å². The number of rotatable bonds is 11. The molecule has 13 heteroatoms. The molecule has 1 aromatic carbocycles. The Bertz CT molecular complexity index is 1350. The van der Waals surface area contributed by atoms with Crippen molar-refractivity contribution in [2.75, 3.05) is 53.1 Å². The van der Waals surface area contributed by atoms with Crippen LogP contribution in [0.1, 0.15) is 70.1 Å². The van der Waals surface area contributed by atoms with E-state index < -0.39 is 29.5 Å². The van der Waals surface area contributed by atoms with Gasteiger partial charge < -0.3 is 29.3 Å². The second kappa shape index (κ2) is 15.6. The van der Waals surface area contributed by atoms with E-state index in [-0.39, 0.29) is 30.0 Å². The Morgan fingerprint density at radius 2 is 1.85 bits per heavy atom. The first-order valence-corrected chi connectivity index (χ1v) is 16.6. The van der Waals surface area contributed by atoms with E-state index in [1.807, 2.05) is 52.8 Å². The van der Waals surface area contributed by atoms with E-state index in [0.29, 0.717) is 68.7 Å². The molecule has 4 rings (SSSR count). The van der Waals surface area contributed by atoms with Gasteiger partial charge in [0.1, 0.15) is 0 Å². The maximum Gasteiger partial charge on any atom is 0.407 e. The van der Waals surface area contributed by atoms with Crippen molar-refractivity contribution in [3.63, 3.8) is 0 Å². The van der Waals surface area contributed by atoms with Crippen LogP contribution in [0.2, 0.25) is 5.02 Å². The SMILES string of the molecule is COCCCCc1c(C(=O)N(CC(C)C)[C@H]2C[C@@H](C(=O)N3CCOCC3)CN(C(=O)O)C2C(C)(C)C)nnn1-c1ccccc1Cl. The van der Waals surface area contributed by atoms with Gasteiger partial charge in [-0.3, -0.25) is 9.59 Å². The number of carbonyl (C=O) groups excluding carboxylic acids is 2. The van der Waals surface area contributed by atoms with E-state index in [9.17, 15) is 19.5 Å². The van der Waals surface area contributed by atoms with Gasteiger partial charge >= 0.3 is 6.09 Å². The number of halogens is 1. The highest BCUT2D eigenvalue weighted by Gasteiger charge is 2.50. The number of unbranched alkanes of at least 4 members (excludes halogenated alkanes) is 1. The van der Waals surface area contributed by atoms with Gasteiger partial charge in [0.05, 0.1) is 47.6 Å².